The van der Waals surface area contributed by atoms with Crippen LogP contribution in [0.15, 0.2) is 18.2 Å². The van der Waals surface area contributed by atoms with Gasteiger partial charge < -0.3 is 14.2 Å². The molecule has 1 rings (SSSR count). The van der Waals surface area contributed by atoms with E-state index in [0.29, 0.717) is 25.5 Å². The molecule has 17 heavy (non-hydrogen) atoms. The lowest BCUT2D eigenvalue weighted by atomic mass is 10.2. The summed E-state index contributed by atoms with van der Waals surface area (Å²) in [5, 5.41) is 0. The van der Waals surface area contributed by atoms with E-state index in [1.165, 1.54) is 0 Å². The lowest BCUT2D eigenvalue weighted by Crippen LogP contribution is -2.17. The van der Waals surface area contributed by atoms with Gasteiger partial charge in [-0.1, -0.05) is 6.07 Å². The summed E-state index contributed by atoms with van der Waals surface area (Å²) < 4.78 is 15.2. The molecule has 5 heteroatoms. The average Bonchev–Trinajstić information content (AvgIpc) is 2.38. The summed E-state index contributed by atoms with van der Waals surface area (Å²) in [5.74, 6) is 1.43. The fraction of sp³-hybridized carbons (Fsp3) is 0.500. The molecule has 0 aliphatic heterocycles. The van der Waals surface area contributed by atoms with E-state index in [1.54, 1.807) is 21.3 Å². The molecule has 0 spiro atoms. The van der Waals surface area contributed by atoms with Gasteiger partial charge >= 0.3 is 0 Å². The van der Waals surface area contributed by atoms with Crippen molar-refractivity contribution < 1.29 is 19.0 Å². The van der Waals surface area contributed by atoms with Crippen molar-refractivity contribution in [3.8, 4) is 11.5 Å². The minimum absolute atomic E-state index is 0.518. The minimum atomic E-state index is 0.518. The number of nitrogens with one attached hydrogen (secondary N) is 1. The first-order valence-electron chi connectivity index (χ1n) is 5.36. The van der Waals surface area contributed by atoms with Crippen LogP contribution in [0.1, 0.15) is 5.56 Å². The number of ether oxygens (including phenoxy) is 3. The van der Waals surface area contributed by atoms with Gasteiger partial charge in [-0.15, -0.1) is 0 Å². The molecule has 0 aliphatic carbocycles. The van der Waals surface area contributed by atoms with Crippen molar-refractivity contribution in [2.24, 2.45) is 0 Å². The largest absolute Gasteiger partial charge is 0.493 e. The third kappa shape index (κ3) is 4.60. The molecule has 0 unspecified atom stereocenters. The number of methoxy groups -OCH3 is 3. The van der Waals surface area contributed by atoms with Gasteiger partial charge in [0.15, 0.2) is 11.5 Å². The molecule has 0 saturated carbocycles. The molecule has 5 nitrogen and oxygen atoms in total. The summed E-state index contributed by atoms with van der Waals surface area (Å²) in [6, 6.07) is 5.73. The first kappa shape index (κ1) is 13.8. The Kier molecular flexibility index (Phi) is 6.39. The SMILES string of the molecule is COCCONCc1ccc(OC)c(OC)c1. The number of hydroxylamine groups is 1. The van der Waals surface area contributed by atoms with Gasteiger partial charge in [-0.25, -0.2) is 0 Å². The Labute approximate surface area is 102 Å². The van der Waals surface area contributed by atoms with Gasteiger partial charge in [0.2, 0.25) is 0 Å². The highest BCUT2D eigenvalue weighted by atomic mass is 16.7. The number of hydrogen-bond acceptors (Lipinski definition) is 5. The topological polar surface area (TPSA) is 49.0 Å². The van der Waals surface area contributed by atoms with Crippen molar-refractivity contribution in [2.75, 3.05) is 34.5 Å². The van der Waals surface area contributed by atoms with E-state index >= 15 is 0 Å². The Morgan fingerprint density at radius 2 is 1.76 bits per heavy atom. The molecule has 0 aliphatic rings. The van der Waals surface area contributed by atoms with Crippen molar-refractivity contribution in [3.05, 3.63) is 23.8 Å². The van der Waals surface area contributed by atoms with Gasteiger partial charge in [-0.05, 0) is 17.7 Å². The zero-order valence-electron chi connectivity index (χ0n) is 10.5. The van der Waals surface area contributed by atoms with Crippen LogP contribution in [0.25, 0.3) is 0 Å². The summed E-state index contributed by atoms with van der Waals surface area (Å²) >= 11 is 0. The van der Waals surface area contributed by atoms with Crippen LogP contribution in [0.2, 0.25) is 0 Å². The number of rotatable bonds is 8. The van der Waals surface area contributed by atoms with Crippen LogP contribution < -0.4 is 15.0 Å². The molecule has 0 bridgehead atoms. The lowest BCUT2D eigenvalue weighted by Gasteiger charge is -2.10. The minimum Gasteiger partial charge on any atom is -0.493 e. The van der Waals surface area contributed by atoms with Crippen LogP contribution in [-0.2, 0) is 16.1 Å². The summed E-state index contributed by atoms with van der Waals surface area (Å²) in [5.41, 5.74) is 3.90. The molecule has 0 heterocycles. The van der Waals surface area contributed by atoms with E-state index in [0.717, 1.165) is 11.3 Å². The molecular weight excluding hydrogens is 222 g/mol. The molecule has 0 atom stereocenters. The highest BCUT2D eigenvalue weighted by molar-refractivity contribution is 5.42. The second kappa shape index (κ2) is 7.89. The van der Waals surface area contributed by atoms with Crippen molar-refractivity contribution in [3.63, 3.8) is 0 Å². The Morgan fingerprint density at radius 1 is 1.00 bits per heavy atom. The maximum Gasteiger partial charge on any atom is 0.161 e. The van der Waals surface area contributed by atoms with Crippen molar-refractivity contribution in [1.29, 1.82) is 0 Å². The number of benzene rings is 1. The third-order valence-electron chi connectivity index (χ3n) is 2.22. The predicted octanol–water partition coefficient (Wildman–Crippen LogP) is 1.37. The maximum absolute atomic E-state index is 5.21. The lowest BCUT2D eigenvalue weighted by molar-refractivity contribution is 0.00344. The zero-order chi connectivity index (χ0) is 12.5. The van der Waals surface area contributed by atoms with Crippen molar-refractivity contribution in [2.45, 2.75) is 6.54 Å². The molecule has 0 aromatic heterocycles. The van der Waals surface area contributed by atoms with Crippen LogP contribution in [0.5, 0.6) is 11.5 Å². The Balaban J connectivity index is 2.43. The van der Waals surface area contributed by atoms with Crippen LogP contribution in [0.4, 0.5) is 0 Å². The smallest absolute Gasteiger partial charge is 0.161 e. The molecule has 0 fully saturated rings. The quantitative estimate of drug-likeness (QED) is 0.550. The molecule has 1 aromatic rings. The van der Waals surface area contributed by atoms with Crippen LogP contribution in [0, 0.1) is 0 Å². The zero-order valence-corrected chi connectivity index (χ0v) is 10.5. The van der Waals surface area contributed by atoms with Crippen LogP contribution in [0.3, 0.4) is 0 Å². The first-order chi connectivity index (χ1) is 8.31. The fourth-order valence-corrected chi connectivity index (χ4v) is 1.32. The van der Waals surface area contributed by atoms with Crippen molar-refractivity contribution in [1.82, 2.24) is 5.48 Å². The van der Waals surface area contributed by atoms with Gasteiger partial charge in [-0.3, -0.25) is 4.84 Å². The number of hydrogen-bond donors (Lipinski definition) is 1. The molecule has 1 N–H and O–H groups in total. The molecule has 96 valence electrons. The van der Waals surface area contributed by atoms with E-state index in [9.17, 15) is 0 Å². The molecule has 0 amide bonds. The standard InChI is InChI=1S/C12H19NO4/c1-14-6-7-17-13-9-10-4-5-11(15-2)12(8-10)16-3/h4-5,8,13H,6-7,9H2,1-3H3. The molecular formula is C12H19NO4. The third-order valence-corrected chi connectivity index (χ3v) is 2.22. The Morgan fingerprint density at radius 3 is 2.41 bits per heavy atom. The van der Waals surface area contributed by atoms with Gasteiger partial charge in [0.25, 0.3) is 0 Å². The van der Waals surface area contributed by atoms with E-state index in [4.69, 9.17) is 19.0 Å². The van der Waals surface area contributed by atoms with E-state index in [1.807, 2.05) is 18.2 Å². The highest BCUT2D eigenvalue weighted by Gasteiger charge is 2.03. The van der Waals surface area contributed by atoms with Gasteiger partial charge in [0, 0.05) is 13.7 Å². The Hall–Kier alpha value is -1.30. The molecule has 0 saturated heterocycles. The molecule has 1 aromatic carbocycles. The second-order valence-corrected chi connectivity index (χ2v) is 3.35. The van der Waals surface area contributed by atoms with Crippen LogP contribution >= 0.6 is 0 Å². The van der Waals surface area contributed by atoms with E-state index < -0.39 is 0 Å². The van der Waals surface area contributed by atoms with Gasteiger partial charge in [0.1, 0.15) is 0 Å². The normalized spacial score (nSPS) is 10.3. The van der Waals surface area contributed by atoms with Crippen LogP contribution in [-0.4, -0.2) is 34.5 Å². The predicted molar refractivity (Wildman–Crippen MR) is 64.2 cm³/mol. The monoisotopic (exact) mass is 241 g/mol. The first-order valence-corrected chi connectivity index (χ1v) is 5.36. The Bertz CT molecular complexity index is 330. The summed E-state index contributed by atoms with van der Waals surface area (Å²) in [6.45, 7) is 1.69. The average molecular weight is 241 g/mol. The summed E-state index contributed by atoms with van der Waals surface area (Å²) in [4.78, 5) is 5.16. The second-order valence-electron chi connectivity index (χ2n) is 3.35. The highest BCUT2D eigenvalue weighted by Crippen LogP contribution is 2.27. The van der Waals surface area contributed by atoms with E-state index in [-0.39, 0.29) is 0 Å². The fourth-order valence-electron chi connectivity index (χ4n) is 1.32. The summed E-state index contributed by atoms with van der Waals surface area (Å²) in [6.07, 6.45) is 0. The van der Waals surface area contributed by atoms with Crippen molar-refractivity contribution >= 4 is 0 Å². The van der Waals surface area contributed by atoms with Gasteiger partial charge in [-0.2, -0.15) is 5.48 Å². The maximum atomic E-state index is 5.21. The van der Waals surface area contributed by atoms with Gasteiger partial charge in [0.05, 0.1) is 27.4 Å². The van der Waals surface area contributed by atoms with E-state index in [2.05, 4.69) is 5.48 Å². The molecule has 0 radical (unpaired) electrons. The summed E-state index contributed by atoms with van der Waals surface area (Å²) in [7, 11) is 4.87.